The number of aromatic nitrogens is 1. The third kappa shape index (κ3) is 5.24. The van der Waals surface area contributed by atoms with Crippen LogP contribution in [0.2, 0.25) is 0 Å². The highest BCUT2D eigenvalue weighted by atomic mass is 19.1. The Balaban J connectivity index is 1.37. The number of ether oxygens (including phenoxy) is 1. The van der Waals surface area contributed by atoms with Gasteiger partial charge in [-0.1, -0.05) is 18.2 Å². The number of para-hydroxylation sites is 1. The Bertz CT molecular complexity index is 1230. The van der Waals surface area contributed by atoms with Crippen LogP contribution < -0.4 is 15.0 Å². The van der Waals surface area contributed by atoms with Gasteiger partial charge >= 0.3 is 0 Å². The number of anilines is 2. The first-order valence-electron chi connectivity index (χ1n) is 11.4. The van der Waals surface area contributed by atoms with Gasteiger partial charge in [-0.25, -0.2) is 13.8 Å². The van der Waals surface area contributed by atoms with Gasteiger partial charge in [-0.2, -0.15) is 0 Å². The number of hydrogen-bond donors (Lipinski definition) is 1. The Kier molecular flexibility index (Phi) is 7.24. The summed E-state index contributed by atoms with van der Waals surface area (Å²) in [5, 5.41) is 2.82. The second-order valence-corrected chi connectivity index (χ2v) is 8.12. The highest BCUT2D eigenvalue weighted by molar-refractivity contribution is 6.06. The van der Waals surface area contributed by atoms with Gasteiger partial charge < -0.3 is 19.9 Å². The number of carbonyl (C=O) groups is 2. The van der Waals surface area contributed by atoms with Crippen LogP contribution in [0, 0.1) is 18.6 Å². The summed E-state index contributed by atoms with van der Waals surface area (Å²) >= 11 is 0. The minimum atomic E-state index is -0.858. The molecule has 0 unspecified atom stereocenters. The largest absolute Gasteiger partial charge is 0.493 e. The van der Waals surface area contributed by atoms with E-state index in [-0.39, 0.29) is 11.5 Å². The van der Waals surface area contributed by atoms with E-state index in [1.54, 1.807) is 42.6 Å². The van der Waals surface area contributed by atoms with Gasteiger partial charge in [0.25, 0.3) is 11.8 Å². The van der Waals surface area contributed by atoms with Crippen LogP contribution in [-0.2, 0) is 0 Å². The molecule has 182 valence electrons. The topological polar surface area (TPSA) is 74.8 Å². The predicted octanol–water partition coefficient (Wildman–Crippen LogP) is 4.28. The number of benzene rings is 2. The molecular weight excluding hydrogens is 454 g/mol. The van der Waals surface area contributed by atoms with E-state index >= 15 is 0 Å². The molecule has 4 rings (SSSR count). The molecule has 1 aliphatic heterocycles. The SMILES string of the molecule is CCOc1ccccc1C(=O)Nc1ccc(N2CCN(C(=O)c3c(F)ccc(C)c3F)CC2)nc1. The molecule has 0 atom stereocenters. The number of aryl methyl sites for hydroxylation is 1. The van der Waals surface area contributed by atoms with Crippen molar-refractivity contribution in [1.29, 1.82) is 0 Å². The van der Waals surface area contributed by atoms with Crippen molar-refractivity contribution >= 4 is 23.3 Å². The molecule has 1 N–H and O–H groups in total. The molecule has 2 aromatic carbocycles. The molecule has 9 heteroatoms. The van der Waals surface area contributed by atoms with Gasteiger partial charge in [-0.3, -0.25) is 9.59 Å². The summed E-state index contributed by atoms with van der Waals surface area (Å²) in [5.74, 6) is -1.44. The molecule has 1 aliphatic rings. The predicted molar refractivity (Wildman–Crippen MR) is 129 cm³/mol. The van der Waals surface area contributed by atoms with E-state index in [9.17, 15) is 18.4 Å². The van der Waals surface area contributed by atoms with Crippen LogP contribution in [0.3, 0.4) is 0 Å². The van der Waals surface area contributed by atoms with Gasteiger partial charge in [0.15, 0.2) is 0 Å². The molecule has 35 heavy (non-hydrogen) atoms. The third-order valence-electron chi connectivity index (χ3n) is 5.83. The number of pyridine rings is 1. The molecule has 2 amide bonds. The van der Waals surface area contributed by atoms with E-state index < -0.39 is 23.1 Å². The average Bonchev–Trinajstić information content (AvgIpc) is 2.87. The second-order valence-electron chi connectivity index (χ2n) is 8.12. The van der Waals surface area contributed by atoms with Crippen LogP contribution in [0.15, 0.2) is 54.7 Å². The summed E-state index contributed by atoms with van der Waals surface area (Å²) in [6.07, 6.45) is 1.56. The second kappa shape index (κ2) is 10.5. The van der Waals surface area contributed by atoms with Crippen LogP contribution >= 0.6 is 0 Å². The zero-order valence-electron chi connectivity index (χ0n) is 19.6. The molecule has 0 spiro atoms. The number of carbonyl (C=O) groups excluding carboxylic acids is 2. The monoisotopic (exact) mass is 480 g/mol. The number of nitrogens with zero attached hydrogens (tertiary/aromatic N) is 3. The normalized spacial score (nSPS) is 13.5. The van der Waals surface area contributed by atoms with E-state index in [1.807, 2.05) is 11.8 Å². The fourth-order valence-electron chi connectivity index (χ4n) is 3.93. The van der Waals surface area contributed by atoms with Gasteiger partial charge in [-0.15, -0.1) is 0 Å². The maximum absolute atomic E-state index is 14.4. The lowest BCUT2D eigenvalue weighted by molar-refractivity contribution is 0.0736. The molecular formula is C26H26F2N4O3. The molecule has 1 fully saturated rings. The van der Waals surface area contributed by atoms with E-state index in [2.05, 4.69) is 10.3 Å². The number of piperazine rings is 1. The molecule has 7 nitrogen and oxygen atoms in total. The first kappa shape index (κ1) is 24.1. The molecule has 3 aromatic rings. The summed E-state index contributed by atoms with van der Waals surface area (Å²) in [6, 6.07) is 13.0. The Labute approximate surface area is 202 Å². The molecule has 2 heterocycles. The van der Waals surface area contributed by atoms with Crippen molar-refractivity contribution < 1.29 is 23.1 Å². The number of halogens is 2. The number of hydrogen-bond acceptors (Lipinski definition) is 5. The Morgan fingerprint density at radius 3 is 2.46 bits per heavy atom. The standard InChI is InChI=1S/C26H26F2N4O3/c1-3-35-21-7-5-4-6-19(21)25(33)30-18-9-11-22(29-16-18)31-12-14-32(15-13-31)26(34)23-20(27)10-8-17(2)24(23)28/h4-11,16H,3,12-15H2,1-2H3,(H,30,33). The first-order valence-corrected chi connectivity index (χ1v) is 11.4. The van der Waals surface area contributed by atoms with E-state index in [0.717, 1.165) is 6.07 Å². The van der Waals surface area contributed by atoms with E-state index in [1.165, 1.54) is 17.9 Å². The van der Waals surface area contributed by atoms with Crippen molar-refractivity contribution in [3.8, 4) is 5.75 Å². The number of rotatable bonds is 6. The molecule has 1 saturated heterocycles. The van der Waals surface area contributed by atoms with Gasteiger partial charge in [0.05, 0.1) is 24.1 Å². The van der Waals surface area contributed by atoms with Crippen molar-refractivity contribution in [3.05, 3.63) is 83.1 Å². The lowest BCUT2D eigenvalue weighted by atomic mass is 10.1. The highest BCUT2D eigenvalue weighted by Gasteiger charge is 2.27. The summed E-state index contributed by atoms with van der Waals surface area (Å²) in [7, 11) is 0. The Morgan fingerprint density at radius 1 is 1.03 bits per heavy atom. The van der Waals surface area contributed by atoms with Crippen LogP contribution in [0.25, 0.3) is 0 Å². The van der Waals surface area contributed by atoms with Crippen molar-refractivity contribution in [2.75, 3.05) is 43.0 Å². The molecule has 0 saturated carbocycles. The van der Waals surface area contributed by atoms with Crippen LogP contribution in [-0.4, -0.2) is 54.5 Å². The molecule has 0 bridgehead atoms. The summed E-state index contributed by atoms with van der Waals surface area (Å²) in [4.78, 5) is 33.2. The number of amides is 2. The Hall–Kier alpha value is -4.01. The number of nitrogens with one attached hydrogen (secondary N) is 1. The highest BCUT2D eigenvalue weighted by Crippen LogP contribution is 2.23. The van der Waals surface area contributed by atoms with Crippen LogP contribution in [0.4, 0.5) is 20.3 Å². The third-order valence-corrected chi connectivity index (χ3v) is 5.83. The van der Waals surface area contributed by atoms with Gasteiger partial charge in [0, 0.05) is 26.2 Å². The van der Waals surface area contributed by atoms with E-state index in [4.69, 9.17) is 4.74 Å². The van der Waals surface area contributed by atoms with Crippen molar-refractivity contribution in [2.24, 2.45) is 0 Å². The molecule has 0 aliphatic carbocycles. The zero-order valence-corrected chi connectivity index (χ0v) is 19.6. The van der Waals surface area contributed by atoms with Crippen molar-refractivity contribution in [2.45, 2.75) is 13.8 Å². The van der Waals surface area contributed by atoms with Crippen molar-refractivity contribution in [3.63, 3.8) is 0 Å². The maximum atomic E-state index is 14.4. The molecule has 0 radical (unpaired) electrons. The van der Waals surface area contributed by atoms with Crippen LogP contribution in [0.1, 0.15) is 33.2 Å². The minimum absolute atomic E-state index is 0.228. The van der Waals surface area contributed by atoms with Crippen LogP contribution in [0.5, 0.6) is 5.75 Å². The summed E-state index contributed by atoms with van der Waals surface area (Å²) < 4.78 is 34.0. The molecule has 1 aromatic heterocycles. The van der Waals surface area contributed by atoms with E-state index in [0.29, 0.717) is 55.6 Å². The zero-order chi connectivity index (χ0) is 24.9. The quantitative estimate of drug-likeness (QED) is 0.570. The fourth-order valence-corrected chi connectivity index (χ4v) is 3.93. The lowest BCUT2D eigenvalue weighted by Crippen LogP contribution is -2.49. The van der Waals surface area contributed by atoms with Gasteiger partial charge in [0.1, 0.15) is 28.8 Å². The van der Waals surface area contributed by atoms with Crippen molar-refractivity contribution in [1.82, 2.24) is 9.88 Å². The van der Waals surface area contributed by atoms with Gasteiger partial charge in [-0.05, 0) is 49.7 Å². The average molecular weight is 481 g/mol. The summed E-state index contributed by atoms with van der Waals surface area (Å²) in [6.45, 7) is 5.34. The Morgan fingerprint density at radius 2 is 1.77 bits per heavy atom. The fraction of sp³-hybridized carbons (Fsp3) is 0.269. The van der Waals surface area contributed by atoms with Gasteiger partial charge in [0.2, 0.25) is 0 Å². The summed E-state index contributed by atoms with van der Waals surface area (Å²) in [5.41, 5.74) is 0.679. The lowest BCUT2D eigenvalue weighted by Gasteiger charge is -2.35. The maximum Gasteiger partial charge on any atom is 0.259 e. The smallest absolute Gasteiger partial charge is 0.259 e. The minimum Gasteiger partial charge on any atom is -0.493 e. The first-order chi connectivity index (χ1) is 16.9.